The number of hydrogen-bond donors (Lipinski definition) is 2. The molecule has 1 aromatic carbocycles. The number of rotatable bonds is 6. The summed E-state index contributed by atoms with van der Waals surface area (Å²) in [6, 6.07) is 7.26. The quantitative estimate of drug-likeness (QED) is 0.821. The molecule has 1 amide bonds. The molecular formula is C17H17F2N3O4. The molecule has 0 aliphatic heterocycles. The first-order chi connectivity index (χ1) is 12.1. The Morgan fingerprint density at radius 3 is 2.46 bits per heavy atom. The van der Waals surface area contributed by atoms with Crippen LogP contribution in [-0.2, 0) is 10.3 Å². The van der Waals surface area contributed by atoms with Gasteiger partial charge in [0.2, 0.25) is 0 Å². The number of benzene rings is 1. The molecule has 1 fully saturated rings. The summed E-state index contributed by atoms with van der Waals surface area (Å²) in [4.78, 5) is 23.4. The Hall–Kier alpha value is -2.97. The van der Waals surface area contributed by atoms with E-state index in [4.69, 9.17) is 4.74 Å². The van der Waals surface area contributed by atoms with Crippen LogP contribution < -0.4 is 10.1 Å². The van der Waals surface area contributed by atoms with Crippen LogP contribution in [0.15, 0.2) is 36.5 Å². The number of carboxylic acids is 1. The summed E-state index contributed by atoms with van der Waals surface area (Å²) in [5, 5.41) is 15.8. The van der Waals surface area contributed by atoms with Crippen LogP contribution in [0.3, 0.4) is 0 Å². The highest BCUT2D eigenvalue weighted by Crippen LogP contribution is 2.44. The molecule has 1 unspecified atom stereocenters. The first-order valence-corrected chi connectivity index (χ1v) is 7.85. The van der Waals surface area contributed by atoms with Crippen LogP contribution in [0.5, 0.6) is 5.75 Å². The minimum absolute atomic E-state index is 0.197. The van der Waals surface area contributed by atoms with Crippen molar-refractivity contribution in [3.63, 3.8) is 0 Å². The maximum absolute atomic E-state index is 12.8. The summed E-state index contributed by atoms with van der Waals surface area (Å²) in [6.45, 7) is 2.96. The van der Waals surface area contributed by atoms with Gasteiger partial charge in [-0.1, -0.05) is 0 Å². The van der Waals surface area contributed by atoms with Gasteiger partial charge in [0.05, 0.1) is 6.42 Å². The Morgan fingerprint density at radius 1 is 1.31 bits per heavy atom. The van der Waals surface area contributed by atoms with E-state index in [0.29, 0.717) is 0 Å². The number of carbonyl (C=O) groups excluding carboxylic acids is 1. The Balaban J connectivity index is 1.63. The number of hydrogen-bond acceptors (Lipinski definition) is 4. The van der Waals surface area contributed by atoms with E-state index < -0.39 is 29.4 Å². The zero-order valence-electron chi connectivity index (χ0n) is 14.1. The number of alkyl halides is 2. The van der Waals surface area contributed by atoms with Crippen LogP contribution in [0.25, 0.3) is 0 Å². The minimum Gasteiger partial charge on any atom is -0.484 e. The number of halogens is 2. The monoisotopic (exact) mass is 365 g/mol. The molecule has 1 aliphatic carbocycles. The molecule has 1 aromatic heterocycles. The fourth-order valence-corrected chi connectivity index (χ4v) is 2.15. The van der Waals surface area contributed by atoms with Gasteiger partial charge in [0, 0.05) is 17.8 Å². The second-order valence-corrected chi connectivity index (χ2v) is 6.56. The van der Waals surface area contributed by atoms with Crippen molar-refractivity contribution < 1.29 is 28.2 Å². The van der Waals surface area contributed by atoms with Crippen LogP contribution in [0, 0.1) is 0 Å². The van der Waals surface area contributed by atoms with E-state index in [1.54, 1.807) is 0 Å². The highest BCUT2D eigenvalue weighted by atomic mass is 19.3. The lowest BCUT2D eigenvalue weighted by Gasteiger charge is -2.19. The van der Waals surface area contributed by atoms with Crippen LogP contribution in [0.2, 0.25) is 0 Å². The lowest BCUT2D eigenvalue weighted by molar-refractivity contribution is -0.146. The van der Waals surface area contributed by atoms with Crippen LogP contribution >= 0.6 is 0 Å². The highest BCUT2D eigenvalue weighted by molar-refractivity contribution is 6.03. The number of nitrogens with one attached hydrogen (secondary N) is 1. The number of aliphatic carboxylic acids is 1. The molecule has 0 saturated heterocycles. The fraction of sp³-hybridized carbons (Fsp3) is 0.353. The Morgan fingerprint density at radius 2 is 1.92 bits per heavy atom. The SMILES string of the molecule is CC(C)(C(=O)O)n1ccc(NC(=O)c2ccc(OC3CC3(F)F)cc2)n1. The van der Waals surface area contributed by atoms with E-state index in [-0.39, 0.29) is 23.6 Å². The van der Waals surface area contributed by atoms with Gasteiger partial charge in [0.25, 0.3) is 11.8 Å². The highest BCUT2D eigenvalue weighted by Gasteiger charge is 2.59. The molecule has 2 aromatic rings. The molecular weight excluding hydrogens is 348 g/mol. The zero-order chi connectivity index (χ0) is 19.1. The summed E-state index contributed by atoms with van der Waals surface area (Å²) < 4.78 is 32.0. The Labute approximate surface area is 147 Å². The molecule has 1 atom stereocenters. The van der Waals surface area contributed by atoms with Gasteiger partial charge in [-0.25, -0.2) is 13.6 Å². The molecule has 0 bridgehead atoms. The van der Waals surface area contributed by atoms with Crippen LogP contribution in [-0.4, -0.2) is 38.8 Å². The standard InChI is InChI=1S/C17H17F2N3O4/c1-16(2,15(24)25)22-8-7-13(21-22)20-14(23)10-3-5-11(6-4-10)26-12-9-17(12,18)19/h3-8,12H,9H2,1-2H3,(H,24,25)(H,20,21,23). The molecule has 7 nitrogen and oxygen atoms in total. The van der Waals surface area contributed by atoms with Gasteiger partial charge in [-0.3, -0.25) is 9.48 Å². The second-order valence-electron chi connectivity index (χ2n) is 6.56. The molecule has 1 heterocycles. The first-order valence-electron chi connectivity index (χ1n) is 7.85. The lowest BCUT2D eigenvalue weighted by Crippen LogP contribution is -2.36. The Bertz CT molecular complexity index is 846. The number of carboxylic acid groups (broad SMARTS) is 1. The predicted molar refractivity (Wildman–Crippen MR) is 87.6 cm³/mol. The van der Waals surface area contributed by atoms with Crippen molar-refractivity contribution in [1.29, 1.82) is 0 Å². The van der Waals surface area contributed by atoms with Crippen molar-refractivity contribution in [2.45, 2.75) is 37.8 Å². The van der Waals surface area contributed by atoms with Crippen LogP contribution in [0.1, 0.15) is 30.6 Å². The van der Waals surface area contributed by atoms with Crippen molar-refractivity contribution in [3.8, 4) is 5.75 Å². The lowest BCUT2D eigenvalue weighted by atomic mass is 10.1. The number of amides is 1. The van der Waals surface area contributed by atoms with E-state index in [1.165, 1.54) is 55.1 Å². The maximum Gasteiger partial charge on any atom is 0.331 e. The van der Waals surface area contributed by atoms with Gasteiger partial charge >= 0.3 is 5.97 Å². The first kappa shape index (κ1) is 17.8. The van der Waals surface area contributed by atoms with E-state index in [0.717, 1.165) is 0 Å². The summed E-state index contributed by atoms with van der Waals surface area (Å²) in [5.74, 6) is -3.85. The van der Waals surface area contributed by atoms with Gasteiger partial charge in [0.15, 0.2) is 17.5 Å². The molecule has 1 saturated carbocycles. The van der Waals surface area contributed by atoms with Gasteiger partial charge in [-0.05, 0) is 38.1 Å². The third-order valence-corrected chi connectivity index (χ3v) is 4.09. The summed E-state index contributed by atoms with van der Waals surface area (Å²) in [5.41, 5.74) is -0.973. The molecule has 2 N–H and O–H groups in total. The average Bonchev–Trinajstić information content (AvgIpc) is 2.96. The number of carbonyl (C=O) groups is 2. The van der Waals surface area contributed by atoms with Gasteiger partial charge in [0.1, 0.15) is 5.75 Å². The van der Waals surface area contributed by atoms with Gasteiger partial charge in [-0.15, -0.1) is 0 Å². The van der Waals surface area contributed by atoms with Crippen LogP contribution in [0.4, 0.5) is 14.6 Å². The number of aromatic nitrogens is 2. The van der Waals surface area contributed by atoms with Crippen molar-refractivity contribution in [2.75, 3.05) is 5.32 Å². The second kappa shape index (κ2) is 6.08. The van der Waals surface area contributed by atoms with E-state index in [2.05, 4.69) is 10.4 Å². The smallest absolute Gasteiger partial charge is 0.331 e. The molecule has 0 spiro atoms. The number of ether oxygens (including phenoxy) is 1. The fourth-order valence-electron chi connectivity index (χ4n) is 2.15. The maximum atomic E-state index is 12.8. The third kappa shape index (κ3) is 3.51. The van der Waals surface area contributed by atoms with Crippen molar-refractivity contribution >= 4 is 17.7 Å². The molecule has 0 radical (unpaired) electrons. The summed E-state index contributed by atoms with van der Waals surface area (Å²) in [7, 11) is 0. The zero-order valence-corrected chi connectivity index (χ0v) is 14.1. The molecule has 1 aliphatic rings. The van der Waals surface area contributed by atoms with Crippen molar-refractivity contribution in [1.82, 2.24) is 9.78 Å². The topological polar surface area (TPSA) is 93.5 Å². The molecule has 26 heavy (non-hydrogen) atoms. The summed E-state index contributed by atoms with van der Waals surface area (Å²) >= 11 is 0. The normalized spacial score (nSPS) is 18.2. The largest absolute Gasteiger partial charge is 0.484 e. The van der Waals surface area contributed by atoms with Crippen molar-refractivity contribution in [3.05, 3.63) is 42.1 Å². The number of nitrogens with zero attached hydrogens (tertiary/aromatic N) is 2. The van der Waals surface area contributed by atoms with Crippen molar-refractivity contribution in [2.24, 2.45) is 0 Å². The molecule has 3 rings (SSSR count). The summed E-state index contributed by atoms with van der Waals surface area (Å²) in [6.07, 6.45) is 0.0462. The van der Waals surface area contributed by atoms with Gasteiger partial charge < -0.3 is 15.2 Å². The molecule has 9 heteroatoms. The number of anilines is 1. The molecule has 138 valence electrons. The van der Waals surface area contributed by atoms with E-state index >= 15 is 0 Å². The Kier molecular flexibility index (Phi) is 4.17. The average molecular weight is 365 g/mol. The third-order valence-electron chi connectivity index (χ3n) is 4.09. The predicted octanol–water partition coefficient (Wildman–Crippen LogP) is 2.74. The van der Waals surface area contributed by atoms with Gasteiger partial charge in [-0.2, -0.15) is 5.10 Å². The van der Waals surface area contributed by atoms with E-state index in [1.807, 2.05) is 0 Å². The van der Waals surface area contributed by atoms with E-state index in [9.17, 15) is 23.5 Å². The minimum atomic E-state index is -2.78.